The fraction of sp³-hybridized carbons (Fsp3) is 0.231. The number of aryl methyl sites for hydroxylation is 2. The molecule has 0 saturated carbocycles. The summed E-state index contributed by atoms with van der Waals surface area (Å²) in [5.41, 5.74) is 6.34. The lowest BCUT2D eigenvalue weighted by Crippen LogP contribution is -1.89. The predicted octanol–water partition coefficient (Wildman–Crippen LogP) is 3.07. The average Bonchev–Trinajstić information content (AvgIpc) is 2.26. The van der Waals surface area contributed by atoms with Gasteiger partial charge < -0.3 is 0 Å². The van der Waals surface area contributed by atoms with Gasteiger partial charge in [-0.2, -0.15) is 10.2 Å². The third-order valence-corrected chi connectivity index (χ3v) is 2.84. The van der Waals surface area contributed by atoms with Gasteiger partial charge in [-0.05, 0) is 49.1 Å². The first-order valence-electron chi connectivity index (χ1n) is 5.03. The molecule has 76 valence electrons. The summed E-state index contributed by atoms with van der Waals surface area (Å²) in [6.45, 7) is 6.43. The van der Waals surface area contributed by atoms with Crippen LogP contribution in [0.25, 0.3) is 11.1 Å². The molecule has 0 spiro atoms. The van der Waals surface area contributed by atoms with Crippen molar-refractivity contribution in [1.82, 2.24) is 10.2 Å². The van der Waals surface area contributed by atoms with Crippen LogP contribution in [0, 0.1) is 20.8 Å². The van der Waals surface area contributed by atoms with Gasteiger partial charge >= 0.3 is 0 Å². The Kier molecular flexibility index (Phi) is 2.50. The SMILES string of the molecule is Cc1cc(-c2ccnnc2)cc(C)c1C. The van der Waals surface area contributed by atoms with Crippen LogP contribution in [-0.2, 0) is 0 Å². The van der Waals surface area contributed by atoms with Gasteiger partial charge in [0.05, 0.1) is 12.4 Å². The molecule has 2 rings (SSSR count). The van der Waals surface area contributed by atoms with Crippen molar-refractivity contribution in [3.05, 3.63) is 47.3 Å². The smallest absolute Gasteiger partial charge is 0.0574 e. The molecule has 0 atom stereocenters. The molecule has 2 nitrogen and oxygen atoms in total. The zero-order chi connectivity index (χ0) is 10.8. The second-order valence-electron chi connectivity index (χ2n) is 3.87. The Labute approximate surface area is 90.0 Å². The summed E-state index contributed by atoms with van der Waals surface area (Å²) in [6, 6.07) is 6.37. The summed E-state index contributed by atoms with van der Waals surface area (Å²) in [5.74, 6) is 0. The van der Waals surface area contributed by atoms with Crippen LogP contribution in [0.2, 0.25) is 0 Å². The molecule has 1 aromatic heterocycles. The van der Waals surface area contributed by atoms with Crippen LogP contribution in [0.1, 0.15) is 16.7 Å². The maximum absolute atomic E-state index is 3.89. The van der Waals surface area contributed by atoms with Crippen molar-refractivity contribution >= 4 is 0 Å². The third kappa shape index (κ3) is 1.89. The first-order valence-corrected chi connectivity index (χ1v) is 5.03. The highest BCUT2D eigenvalue weighted by atomic mass is 15.1. The highest BCUT2D eigenvalue weighted by Crippen LogP contribution is 2.23. The van der Waals surface area contributed by atoms with Crippen molar-refractivity contribution in [3.63, 3.8) is 0 Å². The summed E-state index contributed by atoms with van der Waals surface area (Å²) >= 11 is 0. The molecule has 0 amide bonds. The van der Waals surface area contributed by atoms with Gasteiger partial charge in [-0.15, -0.1) is 0 Å². The van der Waals surface area contributed by atoms with E-state index >= 15 is 0 Å². The van der Waals surface area contributed by atoms with Crippen LogP contribution in [0.3, 0.4) is 0 Å². The van der Waals surface area contributed by atoms with E-state index in [2.05, 4.69) is 43.1 Å². The quantitative estimate of drug-likeness (QED) is 0.703. The van der Waals surface area contributed by atoms with Crippen LogP contribution in [-0.4, -0.2) is 10.2 Å². The molecule has 1 aromatic carbocycles. The van der Waals surface area contributed by atoms with Crippen molar-refractivity contribution < 1.29 is 0 Å². The Morgan fingerprint density at radius 3 is 2.07 bits per heavy atom. The van der Waals surface area contributed by atoms with E-state index in [1.165, 1.54) is 22.3 Å². The number of hydrogen-bond donors (Lipinski definition) is 0. The second-order valence-corrected chi connectivity index (χ2v) is 3.87. The molecule has 2 heteroatoms. The van der Waals surface area contributed by atoms with Crippen LogP contribution in [0.5, 0.6) is 0 Å². The van der Waals surface area contributed by atoms with Gasteiger partial charge in [0, 0.05) is 5.56 Å². The summed E-state index contributed by atoms with van der Waals surface area (Å²) in [4.78, 5) is 0. The largest absolute Gasteiger partial charge is 0.159 e. The van der Waals surface area contributed by atoms with E-state index in [-0.39, 0.29) is 0 Å². The van der Waals surface area contributed by atoms with Crippen LogP contribution < -0.4 is 0 Å². The summed E-state index contributed by atoms with van der Waals surface area (Å²) in [7, 11) is 0. The van der Waals surface area contributed by atoms with Gasteiger partial charge in [0.25, 0.3) is 0 Å². The number of benzene rings is 1. The van der Waals surface area contributed by atoms with E-state index in [1.807, 2.05) is 6.07 Å². The Morgan fingerprint density at radius 2 is 1.53 bits per heavy atom. The first kappa shape index (κ1) is 9.84. The fourth-order valence-corrected chi connectivity index (χ4v) is 1.66. The van der Waals surface area contributed by atoms with E-state index in [0.29, 0.717) is 0 Å². The third-order valence-electron chi connectivity index (χ3n) is 2.84. The van der Waals surface area contributed by atoms with Crippen LogP contribution in [0.15, 0.2) is 30.6 Å². The van der Waals surface area contributed by atoms with Gasteiger partial charge in [0.1, 0.15) is 0 Å². The molecule has 0 fully saturated rings. The Bertz CT molecular complexity index is 452. The summed E-state index contributed by atoms with van der Waals surface area (Å²) < 4.78 is 0. The van der Waals surface area contributed by atoms with E-state index in [4.69, 9.17) is 0 Å². The van der Waals surface area contributed by atoms with Crippen LogP contribution in [0.4, 0.5) is 0 Å². The summed E-state index contributed by atoms with van der Waals surface area (Å²) in [5, 5.41) is 7.68. The molecule has 0 N–H and O–H groups in total. The minimum atomic E-state index is 1.12. The fourth-order valence-electron chi connectivity index (χ4n) is 1.66. The number of rotatable bonds is 1. The molecule has 0 bridgehead atoms. The number of hydrogen-bond acceptors (Lipinski definition) is 2. The minimum absolute atomic E-state index is 1.12. The van der Waals surface area contributed by atoms with E-state index in [9.17, 15) is 0 Å². The molecule has 0 radical (unpaired) electrons. The van der Waals surface area contributed by atoms with Crippen molar-refractivity contribution in [2.24, 2.45) is 0 Å². The van der Waals surface area contributed by atoms with Gasteiger partial charge in [-0.3, -0.25) is 0 Å². The maximum atomic E-state index is 3.89. The zero-order valence-corrected chi connectivity index (χ0v) is 9.28. The first-order chi connectivity index (χ1) is 7.18. The molecule has 0 aliphatic rings. The molecular weight excluding hydrogens is 184 g/mol. The highest BCUT2D eigenvalue weighted by molar-refractivity contribution is 5.64. The normalized spacial score (nSPS) is 10.3. The monoisotopic (exact) mass is 198 g/mol. The lowest BCUT2D eigenvalue weighted by atomic mass is 9.97. The van der Waals surface area contributed by atoms with Crippen molar-refractivity contribution in [1.29, 1.82) is 0 Å². The Hall–Kier alpha value is -1.70. The minimum Gasteiger partial charge on any atom is -0.159 e. The van der Waals surface area contributed by atoms with Gasteiger partial charge in [0.15, 0.2) is 0 Å². The van der Waals surface area contributed by atoms with Gasteiger partial charge in [-0.25, -0.2) is 0 Å². The van der Waals surface area contributed by atoms with E-state index in [1.54, 1.807) is 12.4 Å². The highest BCUT2D eigenvalue weighted by Gasteiger charge is 2.02. The zero-order valence-electron chi connectivity index (χ0n) is 9.28. The average molecular weight is 198 g/mol. The second kappa shape index (κ2) is 3.81. The standard InChI is InChI=1S/C13H14N2/c1-9-6-13(7-10(2)11(9)3)12-4-5-14-15-8-12/h4-8H,1-3H3. The van der Waals surface area contributed by atoms with Gasteiger partial charge in [0.2, 0.25) is 0 Å². The Morgan fingerprint density at radius 1 is 0.867 bits per heavy atom. The van der Waals surface area contributed by atoms with E-state index in [0.717, 1.165) is 5.56 Å². The van der Waals surface area contributed by atoms with Crippen molar-refractivity contribution in [3.8, 4) is 11.1 Å². The summed E-state index contributed by atoms with van der Waals surface area (Å²) in [6.07, 6.45) is 3.52. The predicted molar refractivity (Wildman–Crippen MR) is 61.7 cm³/mol. The molecule has 0 aliphatic heterocycles. The van der Waals surface area contributed by atoms with Crippen molar-refractivity contribution in [2.75, 3.05) is 0 Å². The molecule has 0 unspecified atom stereocenters. The maximum Gasteiger partial charge on any atom is 0.0574 e. The molecular formula is C13H14N2. The number of nitrogens with zero attached hydrogens (tertiary/aromatic N) is 2. The van der Waals surface area contributed by atoms with Gasteiger partial charge in [-0.1, -0.05) is 12.1 Å². The molecule has 2 aromatic rings. The lowest BCUT2D eigenvalue weighted by Gasteiger charge is -2.08. The van der Waals surface area contributed by atoms with Crippen molar-refractivity contribution in [2.45, 2.75) is 20.8 Å². The lowest BCUT2D eigenvalue weighted by molar-refractivity contribution is 1.03. The molecule has 0 saturated heterocycles. The number of aromatic nitrogens is 2. The van der Waals surface area contributed by atoms with Crippen LogP contribution >= 0.6 is 0 Å². The Balaban J connectivity index is 2.56. The van der Waals surface area contributed by atoms with E-state index < -0.39 is 0 Å². The molecule has 15 heavy (non-hydrogen) atoms. The molecule has 0 aliphatic carbocycles. The molecule has 1 heterocycles. The topological polar surface area (TPSA) is 25.8 Å².